The van der Waals surface area contributed by atoms with Crippen LogP contribution in [0.15, 0.2) is 63.8 Å². The molecular formula is C22H25N5O3S3. The molecule has 3 aromatic rings. The van der Waals surface area contributed by atoms with E-state index in [2.05, 4.69) is 20.4 Å². The van der Waals surface area contributed by atoms with E-state index in [0.29, 0.717) is 48.3 Å². The number of carbonyl (C=O) groups is 1. The van der Waals surface area contributed by atoms with Gasteiger partial charge >= 0.3 is 0 Å². The summed E-state index contributed by atoms with van der Waals surface area (Å²) in [4.78, 5) is 15.0. The van der Waals surface area contributed by atoms with E-state index in [-0.39, 0.29) is 5.91 Å². The van der Waals surface area contributed by atoms with Crippen molar-refractivity contribution in [1.29, 1.82) is 0 Å². The number of hydrogen-bond donors (Lipinski definition) is 1. The summed E-state index contributed by atoms with van der Waals surface area (Å²) in [6, 6.07) is 16.0. The molecule has 1 fully saturated rings. The standard InChI is InChI=1S/C22H25N5O3S3/c1-2-31-22-25-24-21(32-22)23-20(28)18-10-8-17(9-11-18)16-26-12-14-27(15-13-26)33(29,30)19-6-4-3-5-7-19/h3-11H,2,12-16H2,1H3,(H,23,24,28). The molecule has 0 saturated carbocycles. The lowest BCUT2D eigenvalue weighted by Gasteiger charge is -2.34. The van der Waals surface area contributed by atoms with Gasteiger partial charge in [-0.15, -0.1) is 10.2 Å². The highest BCUT2D eigenvalue weighted by molar-refractivity contribution is 8.01. The van der Waals surface area contributed by atoms with Crippen LogP contribution in [0.3, 0.4) is 0 Å². The first-order valence-corrected chi connectivity index (χ1v) is 13.8. The molecule has 1 aromatic heterocycles. The average Bonchev–Trinajstić information content (AvgIpc) is 3.27. The van der Waals surface area contributed by atoms with Crippen LogP contribution in [-0.4, -0.2) is 65.7 Å². The first-order valence-electron chi connectivity index (χ1n) is 10.6. The molecule has 0 bridgehead atoms. The second kappa shape index (κ2) is 10.7. The number of carbonyl (C=O) groups excluding carboxylic acids is 1. The Kier molecular flexibility index (Phi) is 7.76. The van der Waals surface area contributed by atoms with Crippen molar-refractivity contribution in [3.8, 4) is 0 Å². The molecule has 1 amide bonds. The molecule has 0 aliphatic carbocycles. The van der Waals surface area contributed by atoms with E-state index >= 15 is 0 Å². The van der Waals surface area contributed by atoms with Crippen molar-refractivity contribution in [2.24, 2.45) is 0 Å². The Morgan fingerprint density at radius 2 is 1.73 bits per heavy atom. The molecule has 2 aromatic carbocycles. The average molecular weight is 504 g/mol. The van der Waals surface area contributed by atoms with Crippen LogP contribution in [0, 0.1) is 0 Å². The molecule has 0 radical (unpaired) electrons. The van der Waals surface area contributed by atoms with Crippen LogP contribution < -0.4 is 5.32 Å². The fraction of sp³-hybridized carbons (Fsp3) is 0.318. The molecule has 1 aliphatic rings. The number of sulfonamides is 1. The van der Waals surface area contributed by atoms with Gasteiger partial charge in [0, 0.05) is 38.3 Å². The second-order valence-corrected chi connectivity index (χ2v) is 11.9. The van der Waals surface area contributed by atoms with Gasteiger partial charge in [-0.1, -0.05) is 60.4 Å². The Morgan fingerprint density at radius 3 is 2.39 bits per heavy atom. The maximum absolute atomic E-state index is 12.8. The van der Waals surface area contributed by atoms with Gasteiger partial charge in [0.2, 0.25) is 15.2 Å². The predicted molar refractivity (Wildman–Crippen MR) is 131 cm³/mol. The van der Waals surface area contributed by atoms with Gasteiger partial charge in [0.25, 0.3) is 5.91 Å². The van der Waals surface area contributed by atoms with Gasteiger partial charge in [0.1, 0.15) is 0 Å². The SMILES string of the molecule is CCSc1nnc(NC(=O)c2ccc(CN3CCN(S(=O)(=O)c4ccccc4)CC3)cc2)s1. The van der Waals surface area contributed by atoms with Crippen molar-refractivity contribution < 1.29 is 13.2 Å². The number of piperazine rings is 1. The molecule has 174 valence electrons. The summed E-state index contributed by atoms with van der Waals surface area (Å²) in [5.74, 6) is 0.688. The van der Waals surface area contributed by atoms with Crippen molar-refractivity contribution in [2.75, 3.05) is 37.2 Å². The Labute approximate surface area is 202 Å². The van der Waals surface area contributed by atoms with E-state index < -0.39 is 10.0 Å². The fourth-order valence-electron chi connectivity index (χ4n) is 3.50. The maximum atomic E-state index is 12.8. The minimum absolute atomic E-state index is 0.217. The first-order chi connectivity index (χ1) is 16.0. The maximum Gasteiger partial charge on any atom is 0.257 e. The number of anilines is 1. The Morgan fingerprint density at radius 1 is 1.03 bits per heavy atom. The Hall–Kier alpha value is -2.31. The lowest BCUT2D eigenvalue weighted by atomic mass is 10.1. The van der Waals surface area contributed by atoms with Gasteiger partial charge in [-0.3, -0.25) is 15.0 Å². The van der Waals surface area contributed by atoms with E-state index in [0.717, 1.165) is 15.7 Å². The Balaban J connectivity index is 1.29. The highest BCUT2D eigenvalue weighted by atomic mass is 32.2. The molecule has 0 spiro atoms. The summed E-state index contributed by atoms with van der Waals surface area (Å²) in [7, 11) is -3.45. The summed E-state index contributed by atoms with van der Waals surface area (Å²) in [6.07, 6.45) is 0. The molecule has 33 heavy (non-hydrogen) atoms. The van der Waals surface area contributed by atoms with Crippen LogP contribution in [0.5, 0.6) is 0 Å². The van der Waals surface area contributed by atoms with Crippen LogP contribution >= 0.6 is 23.1 Å². The van der Waals surface area contributed by atoms with Crippen LogP contribution in [-0.2, 0) is 16.6 Å². The highest BCUT2D eigenvalue weighted by Gasteiger charge is 2.28. The summed E-state index contributed by atoms with van der Waals surface area (Å²) in [5, 5.41) is 11.3. The number of thioether (sulfide) groups is 1. The normalized spacial score (nSPS) is 15.4. The zero-order valence-electron chi connectivity index (χ0n) is 18.2. The van der Waals surface area contributed by atoms with Crippen LogP contribution in [0.2, 0.25) is 0 Å². The summed E-state index contributed by atoms with van der Waals surface area (Å²) in [6.45, 7) is 4.97. The third kappa shape index (κ3) is 5.98. The van der Waals surface area contributed by atoms with E-state index in [1.165, 1.54) is 11.3 Å². The number of nitrogens with zero attached hydrogens (tertiary/aromatic N) is 4. The summed E-state index contributed by atoms with van der Waals surface area (Å²) in [5.41, 5.74) is 1.63. The quantitative estimate of drug-likeness (QED) is 0.372. The molecular weight excluding hydrogens is 478 g/mol. The number of nitrogens with one attached hydrogen (secondary N) is 1. The van der Waals surface area contributed by atoms with Gasteiger partial charge in [-0.25, -0.2) is 8.42 Å². The number of rotatable bonds is 8. The molecule has 1 saturated heterocycles. The summed E-state index contributed by atoms with van der Waals surface area (Å²) < 4.78 is 27.9. The topological polar surface area (TPSA) is 95.5 Å². The largest absolute Gasteiger partial charge is 0.296 e. The second-order valence-electron chi connectivity index (χ2n) is 7.45. The van der Waals surface area contributed by atoms with Crippen molar-refractivity contribution in [3.05, 3.63) is 65.7 Å². The number of benzene rings is 2. The molecule has 1 N–H and O–H groups in total. The van der Waals surface area contributed by atoms with E-state index in [4.69, 9.17) is 0 Å². The van der Waals surface area contributed by atoms with Crippen molar-refractivity contribution in [3.63, 3.8) is 0 Å². The predicted octanol–water partition coefficient (Wildman–Crippen LogP) is 3.41. The lowest BCUT2D eigenvalue weighted by molar-refractivity contribution is 0.102. The van der Waals surface area contributed by atoms with Crippen LogP contribution in [0.1, 0.15) is 22.8 Å². The van der Waals surface area contributed by atoms with Crippen molar-refractivity contribution >= 4 is 44.2 Å². The van der Waals surface area contributed by atoms with E-state index in [9.17, 15) is 13.2 Å². The van der Waals surface area contributed by atoms with E-state index in [1.54, 1.807) is 52.5 Å². The highest BCUT2D eigenvalue weighted by Crippen LogP contribution is 2.25. The summed E-state index contributed by atoms with van der Waals surface area (Å²) >= 11 is 2.95. The van der Waals surface area contributed by atoms with Gasteiger partial charge in [-0.2, -0.15) is 4.31 Å². The molecule has 8 nitrogen and oxygen atoms in total. The Bertz CT molecular complexity index is 1180. The van der Waals surface area contributed by atoms with Gasteiger partial charge in [0.15, 0.2) is 4.34 Å². The molecule has 4 rings (SSSR count). The first kappa shape index (κ1) is 23.8. The molecule has 0 atom stereocenters. The monoisotopic (exact) mass is 503 g/mol. The minimum atomic E-state index is -3.45. The third-order valence-corrected chi connectivity index (χ3v) is 9.00. The zero-order chi connectivity index (χ0) is 23.3. The lowest BCUT2D eigenvalue weighted by Crippen LogP contribution is -2.48. The van der Waals surface area contributed by atoms with Crippen molar-refractivity contribution in [1.82, 2.24) is 19.4 Å². The number of hydrogen-bond acceptors (Lipinski definition) is 8. The van der Waals surface area contributed by atoms with Crippen LogP contribution in [0.4, 0.5) is 5.13 Å². The van der Waals surface area contributed by atoms with Crippen LogP contribution in [0.25, 0.3) is 0 Å². The van der Waals surface area contributed by atoms with Gasteiger partial charge in [-0.05, 0) is 35.6 Å². The zero-order valence-corrected chi connectivity index (χ0v) is 20.6. The number of amides is 1. The molecule has 0 unspecified atom stereocenters. The molecule has 2 heterocycles. The smallest absolute Gasteiger partial charge is 0.257 e. The van der Waals surface area contributed by atoms with Crippen molar-refractivity contribution in [2.45, 2.75) is 22.7 Å². The van der Waals surface area contributed by atoms with Gasteiger partial charge in [0.05, 0.1) is 4.90 Å². The molecule has 11 heteroatoms. The fourth-order valence-corrected chi connectivity index (χ4v) is 6.59. The number of aromatic nitrogens is 2. The van der Waals surface area contributed by atoms with E-state index in [1.807, 2.05) is 25.1 Å². The van der Waals surface area contributed by atoms with Gasteiger partial charge < -0.3 is 0 Å². The third-order valence-electron chi connectivity index (χ3n) is 5.23. The minimum Gasteiger partial charge on any atom is -0.296 e. The molecule has 1 aliphatic heterocycles.